The second-order valence-electron chi connectivity index (χ2n) is 11.1. The molecule has 2 aliphatic rings. The highest BCUT2D eigenvalue weighted by Crippen LogP contribution is 2.34. The molecule has 0 unspecified atom stereocenters. The molecular formula is C31H44N6O3. The molecule has 1 aliphatic heterocycles. The fourth-order valence-electron chi connectivity index (χ4n) is 5.59. The van der Waals surface area contributed by atoms with Crippen LogP contribution in [0, 0.1) is 10.8 Å². The Hall–Kier alpha value is -3.43. The first-order chi connectivity index (χ1) is 19.2. The number of methoxy groups -OCH3 is 1. The maximum atomic E-state index is 13.2. The van der Waals surface area contributed by atoms with Crippen LogP contribution in [0.15, 0.2) is 36.4 Å². The summed E-state index contributed by atoms with van der Waals surface area (Å²) in [6.07, 6.45) is 3.92. The van der Waals surface area contributed by atoms with Gasteiger partial charge in [0.25, 0.3) is 5.91 Å². The average Bonchev–Trinajstić information content (AvgIpc) is 3.47. The third-order valence-electron chi connectivity index (χ3n) is 8.09. The number of benzene rings is 2. The quantitative estimate of drug-likeness (QED) is 0.285. The highest BCUT2D eigenvalue weighted by atomic mass is 16.5. The molecule has 2 fully saturated rings. The number of ether oxygens (including phenoxy) is 1. The van der Waals surface area contributed by atoms with Gasteiger partial charge in [0.1, 0.15) is 17.3 Å². The van der Waals surface area contributed by atoms with Crippen LogP contribution in [0.25, 0.3) is 0 Å². The lowest BCUT2D eigenvalue weighted by Crippen LogP contribution is -2.48. The highest BCUT2D eigenvalue weighted by Gasteiger charge is 2.29. The van der Waals surface area contributed by atoms with E-state index in [2.05, 4.69) is 22.0 Å². The number of piperazine rings is 1. The van der Waals surface area contributed by atoms with E-state index in [-0.39, 0.29) is 34.9 Å². The van der Waals surface area contributed by atoms with Crippen molar-refractivity contribution in [2.24, 2.45) is 0 Å². The number of carbonyl (C=O) groups is 1. The molecule has 4 rings (SSSR count). The Balaban J connectivity index is 1.62. The SMILES string of the molecule is CCN1CCN(Cc2ccc(N(C(=N)C(=O)NC3CCCC3)C(=N)c3cc(C(C)C)c(OC)cc3O)cc2)CC1. The van der Waals surface area contributed by atoms with Crippen molar-refractivity contribution in [3.63, 3.8) is 0 Å². The summed E-state index contributed by atoms with van der Waals surface area (Å²) < 4.78 is 5.46. The summed E-state index contributed by atoms with van der Waals surface area (Å²) >= 11 is 0. The Kier molecular flexibility index (Phi) is 9.81. The van der Waals surface area contributed by atoms with Gasteiger partial charge < -0.3 is 20.1 Å². The fourth-order valence-corrected chi connectivity index (χ4v) is 5.59. The molecule has 9 nitrogen and oxygen atoms in total. The van der Waals surface area contributed by atoms with Crippen LogP contribution in [0.4, 0.5) is 5.69 Å². The number of likely N-dealkylation sites (N-methyl/N-ethyl adjacent to an activating group) is 1. The van der Waals surface area contributed by atoms with E-state index in [1.54, 1.807) is 13.2 Å². The zero-order valence-electron chi connectivity index (χ0n) is 24.3. The Morgan fingerprint density at radius 3 is 2.27 bits per heavy atom. The normalized spacial score (nSPS) is 16.7. The van der Waals surface area contributed by atoms with Gasteiger partial charge in [-0.1, -0.05) is 45.7 Å². The molecule has 0 aromatic heterocycles. The Bertz CT molecular complexity index is 1200. The van der Waals surface area contributed by atoms with Crippen LogP contribution in [0.1, 0.15) is 69.1 Å². The number of nitrogens with zero attached hydrogens (tertiary/aromatic N) is 3. The molecule has 1 heterocycles. The lowest BCUT2D eigenvalue weighted by Gasteiger charge is -2.34. The smallest absolute Gasteiger partial charge is 0.287 e. The number of nitrogens with one attached hydrogen (secondary N) is 3. The molecule has 216 valence electrons. The van der Waals surface area contributed by atoms with Gasteiger partial charge in [-0.05, 0) is 54.6 Å². The number of phenols is 1. The lowest BCUT2D eigenvalue weighted by atomic mass is 9.97. The maximum Gasteiger partial charge on any atom is 0.287 e. The van der Waals surface area contributed by atoms with Crippen molar-refractivity contribution in [3.8, 4) is 11.5 Å². The summed E-state index contributed by atoms with van der Waals surface area (Å²) in [4.78, 5) is 19.4. The van der Waals surface area contributed by atoms with Gasteiger partial charge in [0, 0.05) is 50.5 Å². The first kappa shape index (κ1) is 29.6. The highest BCUT2D eigenvalue weighted by molar-refractivity contribution is 6.48. The zero-order chi connectivity index (χ0) is 28.8. The second kappa shape index (κ2) is 13.3. The maximum absolute atomic E-state index is 13.2. The molecule has 9 heteroatoms. The summed E-state index contributed by atoms with van der Waals surface area (Å²) in [5.74, 6) is -0.527. The van der Waals surface area contributed by atoms with Crippen LogP contribution >= 0.6 is 0 Å². The minimum Gasteiger partial charge on any atom is -0.507 e. The van der Waals surface area contributed by atoms with Crippen molar-refractivity contribution in [2.75, 3.05) is 44.7 Å². The van der Waals surface area contributed by atoms with Crippen molar-refractivity contribution < 1.29 is 14.6 Å². The predicted molar refractivity (Wildman–Crippen MR) is 160 cm³/mol. The van der Waals surface area contributed by atoms with Gasteiger partial charge in [-0.25, -0.2) is 0 Å². The van der Waals surface area contributed by atoms with Crippen LogP contribution in [-0.2, 0) is 11.3 Å². The van der Waals surface area contributed by atoms with E-state index in [1.807, 2.05) is 38.1 Å². The topological polar surface area (TPSA) is 116 Å². The van der Waals surface area contributed by atoms with Crippen molar-refractivity contribution in [1.82, 2.24) is 15.1 Å². The Labute approximate surface area is 238 Å². The summed E-state index contributed by atoms with van der Waals surface area (Å²) in [5, 5.41) is 31.9. The number of carbonyl (C=O) groups excluding carboxylic acids is 1. The van der Waals surface area contributed by atoms with E-state index in [4.69, 9.17) is 15.6 Å². The molecule has 1 saturated heterocycles. The van der Waals surface area contributed by atoms with Gasteiger partial charge in [-0.3, -0.25) is 25.4 Å². The van der Waals surface area contributed by atoms with Gasteiger partial charge in [0.2, 0.25) is 0 Å². The van der Waals surface area contributed by atoms with Crippen LogP contribution in [0.3, 0.4) is 0 Å². The molecule has 1 amide bonds. The van der Waals surface area contributed by atoms with Crippen molar-refractivity contribution in [1.29, 1.82) is 10.8 Å². The number of amides is 1. The summed E-state index contributed by atoms with van der Waals surface area (Å²) in [6.45, 7) is 12.3. The average molecular weight is 549 g/mol. The van der Waals surface area contributed by atoms with Gasteiger partial charge in [0.05, 0.1) is 12.7 Å². The second-order valence-corrected chi connectivity index (χ2v) is 11.1. The van der Waals surface area contributed by atoms with Crippen LogP contribution in [0.2, 0.25) is 0 Å². The van der Waals surface area contributed by atoms with E-state index in [9.17, 15) is 9.90 Å². The number of amidine groups is 2. The summed E-state index contributed by atoms with van der Waals surface area (Å²) in [7, 11) is 1.55. The van der Waals surface area contributed by atoms with E-state index >= 15 is 0 Å². The third-order valence-corrected chi connectivity index (χ3v) is 8.09. The molecular weight excluding hydrogens is 504 g/mol. The Morgan fingerprint density at radius 2 is 1.70 bits per heavy atom. The van der Waals surface area contributed by atoms with Crippen molar-refractivity contribution in [2.45, 2.75) is 65.0 Å². The van der Waals surface area contributed by atoms with Gasteiger partial charge in [0.15, 0.2) is 5.84 Å². The molecule has 0 atom stereocenters. The summed E-state index contributed by atoms with van der Waals surface area (Å²) in [6, 6.07) is 11.0. The molecule has 1 aliphatic carbocycles. The third kappa shape index (κ3) is 6.82. The number of aromatic hydroxyl groups is 1. The summed E-state index contributed by atoms with van der Waals surface area (Å²) in [5.41, 5.74) is 2.73. The van der Waals surface area contributed by atoms with E-state index in [0.717, 1.165) is 76.1 Å². The van der Waals surface area contributed by atoms with Crippen molar-refractivity contribution >= 4 is 23.3 Å². The van der Waals surface area contributed by atoms with E-state index in [1.165, 1.54) is 11.0 Å². The molecule has 0 radical (unpaired) electrons. The molecule has 2 aromatic carbocycles. The van der Waals surface area contributed by atoms with Crippen molar-refractivity contribution in [3.05, 3.63) is 53.1 Å². The minimum atomic E-state index is -0.522. The molecule has 40 heavy (non-hydrogen) atoms. The van der Waals surface area contributed by atoms with Crippen LogP contribution in [0.5, 0.6) is 11.5 Å². The number of rotatable bonds is 8. The van der Waals surface area contributed by atoms with Gasteiger partial charge >= 0.3 is 0 Å². The van der Waals surface area contributed by atoms with Gasteiger partial charge in [-0.2, -0.15) is 0 Å². The molecule has 2 aromatic rings. The first-order valence-corrected chi connectivity index (χ1v) is 14.4. The Morgan fingerprint density at radius 1 is 1.07 bits per heavy atom. The van der Waals surface area contributed by atoms with E-state index in [0.29, 0.717) is 11.4 Å². The van der Waals surface area contributed by atoms with Crippen LogP contribution in [-0.4, -0.2) is 78.4 Å². The molecule has 0 spiro atoms. The van der Waals surface area contributed by atoms with Gasteiger partial charge in [-0.15, -0.1) is 0 Å². The lowest BCUT2D eigenvalue weighted by molar-refractivity contribution is -0.115. The molecule has 1 saturated carbocycles. The minimum absolute atomic E-state index is 0.0429. The molecule has 4 N–H and O–H groups in total. The number of phenolic OH excluding ortho intramolecular Hbond substituents is 1. The molecule has 0 bridgehead atoms. The standard InChI is InChI=1S/C31H44N6O3/c1-5-35-14-16-36(17-15-35)20-22-10-12-24(13-11-22)37(30(33)31(39)34-23-8-6-7-9-23)29(32)26-18-25(21(2)3)28(40-4)19-27(26)38/h10-13,18-19,21,23,32-33,38H,5-9,14-17,20H2,1-4H3,(H,34,39). The number of anilines is 1. The predicted octanol–water partition coefficient (Wildman–Crippen LogP) is 4.53. The first-order valence-electron chi connectivity index (χ1n) is 14.4. The van der Waals surface area contributed by atoms with Crippen LogP contribution < -0.4 is 15.0 Å². The number of hydrogen-bond acceptors (Lipinski definition) is 7. The monoisotopic (exact) mass is 548 g/mol. The van der Waals surface area contributed by atoms with E-state index < -0.39 is 5.91 Å². The zero-order valence-corrected chi connectivity index (χ0v) is 24.3. The largest absolute Gasteiger partial charge is 0.507 e. The fraction of sp³-hybridized carbons (Fsp3) is 0.516. The number of hydrogen-bond donors (Lipinski definition) is 4.